The Hall–Kier alpha value is -0.890. The largest absolute Gasteiger partial charge is 0.464 e. The molecule has 0 fully saturated rings. The molecule has 0 aliphatic heterocycles. The first-order valence-electron chi connectivity index (χ1n) is 4.63. The minimum absolute atomic E-state index is 0.181. The number of hydrogen-bond donors (Lipinski definition) is 1. The van der Waals surface area contributed by atoms with Crippen molar-refractivity contribution in [1.82, 2.24) is 4.98 Å². The average Bonchev–Trinajstić information content (AvgIpc) is 2.72. The van der Waals surface area contributed by atoms with Gasteiger partial charge >= 0.3 is 5.97 Å². The Labute approximate surface area is 119 Å². The maximum absolute atomic E-state index is 11.5. The number of halogens is 2. The van der Waals surface area contributed by atoms with E-state index >= 15 is 0 Å². The highest BCUT2D eigenvalue weighted by molar-refractivity contribution is 14.1. The van der Waals surface area contributed by atoms with Gasteiger partial charge in [0.25, 0.3) is 0 Å². The number of carbonyl (C=O) groups excluding carboxylic acids is 2. The number of carbonyl (C=O) groups is 2. The van der Waals surface area contributed by atoms with E-state index in [1.165, 1.54) is 7.11 Å². The van der Waals surface area contributed by atoms with Gasteiger partial charge in [-0.15, -0.1) is 0 Å². The van der Waals surface area contributed by atoms with Crippen molar-refractivity contribution < 1.29 is 14.3 Å². The van der Waals surface area contributed by atoms with E-state index in [9.17, 15) is 9.59 Å². The van der Waals surface area contributed by atoms with E-state index in [1.54, 1.807) is 0 Å². The maximum atomic E-state index is 11.5. The normalized spacial score (nSPS) is 10.5. The van der Waals surface area contributed by atoms with Gasteiger partial charge < -0.3 is 9.72 Å². The first kappa shape index (κ1) is 12.6. The average molecular weight is 408 g/mol. The van der Waals surface area contributed by atoms with Crippen LogP contribution < -0.4 is 0 Å². The SMILES string of the molecule is COC(=O)c1[nH]c2ccc(I)c(Br)c2c1C=O. The molecule has 0 saturated heterocycles. The number of benzene rings is 1. The fraction of sp³-hybridized carbons (Fsp3) is 0.0909. The molecule has 2 aromatic rings. The lowest BCUT2D eigenvalue weighted by atomic mass is 10.1. The van der Waals surface area contributed by atoms with Crippen LogP contribution in [0.5, 0.6) is 0 Å². The van der Waals surface area contributed by atoms with E-state index in [1.807, 2.05) is 12.1 Å². The zero-order chi connectivity index (χ0) is 12.6. The molecule has 0 atom stereocenters. The number of rotatable bonds is 2. The number of hydrogen-bond acceptors (Lipinski definition) is 3. The Morgan fingerprint density at radius 3 is 2.82 bits per heavy atom. The van der Waals surface area contributed by atoms with Crippen LogP contribution in [0.2, 0.25) is 0 Å². The molecular formula is C11H7BrINO3. The Kier molecular flexibility index (Phi) is 3.53. The third kappa shape index (κ3) is 1.99. The quantitative estimate of drug-likeness (QED) is 0.472. The first-order valence-corrected chi connectivity index (χ1v) is 6.50. The Morgan fingerprint density at radius 1 is 1.53 bits per heavy atom. The highest BCUT2D eigenvalue weighted by Gasteiger charge is 2.20. The van der Waals surface area contributed by atoms with Crippen LogP contribution in [-0.2, 0) is 4.74 Å². The van der Waals surface area contributed by atoms with E-state index in [2.05, 4.69) is 48.2 Å². The second-order valence-electron chi connectivity index (χ2n) is 3.31. The van der Waals surface area contributed by atoms with E-state index in [-0.39, 0.29) is 5.69 Å². The third-order valence-electron chi connectivity index (χ3n) is 2.40. The van der Waals surface area contributed by atoms with E-state index in [0.29, 0.717) is 17.2 Å². The molecule has 6 heteroatoms. The molecule has 0 aliphatic rings. The number of nitrogens with one attached hydrogen (secondary N) is 1. The molecule has 1 N–H and O–H groups in total. The Balaban J connectivity index is 2.86. The van der Waals surface area contributed by atoms with Crippen LogP contribution in [0.4, 0.5) is 0 Å². The van der Waals surface area contributed by atoms with Crippen molar-refractivity contribution >= 4 is 61.7 Å². The molecule has 1 heterocycles. The summed E-state index contributed by atoms with van der Waals surface area (Å²) in [5.74, 6) is -0.551. The molecule has 0 saturated carbocycles. The highest BCUT2D eigenvalue weighted by Crippen LogP contribution is 2.32. The van der Waals surface area contributed by atoms with Crippen LogP contribution in [-0.4, -0.2) is 24.3 Å². The molecule has 0 amide bonds. The molecule has 17 heavy (non-hydrogen) atoms. The van der Waals surface area contributed by atoms with Crippen molar-refractivity contribution in [3.63, 3.8) is 0 Å². The molecule has 1 aromatic carbocycles. The fourth-order valence-corrected chi connectivity index (χ4v) is 2.63. The standard InChI is InChI=1S/C11H7BrINO3/c1-17-11(16)10-5(4-15)8-7(14-10)3-2-6(13)9(8)12/h2-4,14H,1H3. The number of methoxy groups -OCH3 is 1. The predicted molar refractivity (Wildman–Crippen MR) is 75.4 cm³/mol. The minimum atomic E-state index is -0.551. The molecule has 0 radical (unpaired) electrons. The second kappa shape index (κ2) is 4.77. The molecule has 4 nitrogen and oxygen atoms in total. The molecule has 0 spiro atoms. The van der Waals surface area contributed by atoms with Crippen molar-refractivity contribution in [3.05, 3.63) is 31.4 Å². The summed E-state index contributed by atoms with van der Waals surface area (Å²) in [6.07, 6.45) is 0.659. The van der Waals surface area contributed by atoms with Gasteiger partial charge in [0.15, 0.2) is 6.29 Å². The number of aromatic nitrogens is 1. The zero-order valence-corrected chi connectivity index (χ0v) is 12.5. The number of esters is 1. The van der Waals surface area contributed by atoms with Gasteiger partial charge in [0.2, 0.25) is 0 Å². The predicted octanol–water partition coefficient (Wildman–Crippen LogP) is 3.13. The summed E-state index contributed by atoms with van der Waals surface area (Å²) in [6, 6.07) is 3.71. The summed E-state index contributed by atoms with van der Waals surface area (Å²) < 4.78 is 6.39. The van der Waals surface area contributed by atoms with Gasteiger partial charge in [-0.05, 0) is 50.7 Å². The number of fused-ring (bicyclic) bond motifs is 1. The monoisotopic (exact) mass is 407 g/mol. The molecule has 0 aliphatic carbocycles. The molecular weight excluding hydrogens is 401 g/mol. The number of H-pyrrole nitrogens is 1. The van der Waals surface area contributed by atoms with Crippen LogP contribution in [0.3, 0.4) is 0 Å². The number of ether oxygens (including phenoxy) is 1. The number of aromatic amines is 1. The van der Waals surface area contributed by atoms with Crippen LogP contribution in [0.25, 0.3) is 10.9 Å². The summed E-state index contributed by atoms with van der Waals surface area (Å²) in [5, 5.41) is 0.701. The maximum Gasteiger partial charge on any atom is 0.355 e. The van der Waals surface area contributed by atoms with Gasteiger partial charge in [-0.25, -0.2) is 4.79 Å². The van der Waals surface area contributed by atoms with E-state index in [4.69, 9.17) is 0 Å². The second-order valence-corrected chi connectivity index (χ2v) is 5.26. The van der Waals surface area contributed by atoms with Crippen LogP contribution in [0.15, 0.2) is 16.6 Å². The molecule has 88 valence electrons. The molecule has 0 bridgehead atoms. The lowest BCUT2D eigenvalue weighted by Crippen LogP contribution is -2.04. The summed E-state index contributed by atoms with van der Waals surface area (Å²) >= 11 is 5.57. The van der Waals surface area contributed by atoms with Crippen molar-refractivity contribution in [3.8, 4) is 0 Å². The lowest BCUT2D eigenvalue weighted by molar-refractivity contribution is 0.0593. The number of aldehydes is 1. The topological polar surface area (TPSA) is 59.2 Å². The Morgan fingerprint density at radius 2 is 2.24 bits per heavy atom. The van der Waals surface area contributed by atoms with Gasteiger partial charge in [-0.1, -0.05) is 0 Å². The molecule has 2 rings (SSSR count). The summed E-state index contributed by atoms with van der Waals surface area (Å²) in [6.45, 7) is 0. The van der Waals surface area contributed by atoms with Crippen molar-refractivity contribution in [2.75, 3.05) is 7.11 Å². The van der Waals surface area contributed by atoms with Crippen LogP contribution in [0, 0.1) is 3.57 Å². The Bertz CT molecular complexity index is 621. The molecule has 0 unspecified atom stereocenters. The summed E-state index contributed by atoms with van der Waals surface area (Å²) in [5.41, 5.74) is 1.22. The van der Waals surface area contributed by atoms with Gasteiger partial charge in [0.1, 0.15) is 5.69 Å². The fourth-order valence-electron chi connectivity index (χ4n) is 1.63. The zero-order valence-electron chi connectivity index (χ0n) is 8.71. The van der Waals surface area contributed by atoms with E-state index in [0.717, 1.165) is 13.6 Å². The van der Waals surface area contributed by atoms with Crippen molar-refractivity contribution in [2.45, 2.75) is 0 Å². The van der Waals surface area contributed by atoms with Gasteiger partial charge in [-0.2, -0.15) is 0 Å². The van der Waals surface area contributed by atoms with Crippen molar-refractivity contribution in [2.24, 2.45) is 0 Å². The lowest BCUT2D eigenvalue weighted by Gasteiger charge is -1.98. The summed E-state index contributed by atoms with van der Waals surface area (Å²) in [7, 11) is 1.28. The molecule has 1 aromatic heterocycles. The van der Waals surface area contributed by atoms with E-state index < -0.39 is 5.97 Å². The first-order chi connectivity index (χ1) is 8.10. The van der Waals surface area contributed by atoms with Crippen LogP contribution >= 0.6 is 38.5 Å². The smallest absolute Gasteiger partial charge is 0.355 e. The van der Waals surface area contributed by atoms with Crippen molar-refractivity contribution in [1.29, 1.82) is 0 Å². The summed E-state index contributed by atoms with van der Waals surface area (Å²) in [4.78, 5) is 25.6. The third-order valence-corrected chi connectivity index (χ3v) is 4.86. The van der Waals surface area contributed by atoms with Crippen LogP contribution in [0.1, 0.15) is 20.8 Å². The minimum Gasteiger partial charge on any atom is -0.464 e. The van der Waals surface area contributed by atoms with Gasteiger partial charge in [0.05, 0.1) is 12.7 Å². The van der Waals surface area contributed by atoms with Gasteiger partial charge in [-0.3, -0.25) is 4.79 Å². The van der Waals surface area contributed by atoms with Gasteiger partial charge in [0, 0.05) is 18.9 Å². The highest BCUT2D eigenvalue weighted by atomic mass is 127.